The number of rotatable bonds is 10. The van der Waals surface area contributed by atoms with Crippen molar-refractivity contribution in [3.63, 3.8) is 0 Å². The molecule has 0 aliphatic heterocycles. The molecule has 0 fully saturated rings. The van der Waals surface area contributed by atoms with Crippen molar-refractivity contribution >= 4 is 0 Å². The maximum absolute atomic E-state index is 4.18. The molecule has 0 unspecified atom stereocenters. The van der Waals surface area contributed by atoms with Crippen molar-refractivity contribution in [3.8, 4) is 0 Å². The summed E-state index contributed by atoms with van der Waals surface area (Å²) in [7, 11) is 0. The molecule has 0 radical (unpaired) electrons. The standard InChI is InChI=1S/C19H34/c1-8-13-19(11-4,14-9-2)15-12-18(16(5)6)17(7)10-3/h12H,5,7-11,13-15H2,1-4,6H3/b18-12+. The first-order valence-corrected chi connectivity index (χ1v) is 8.00. The molecule has 0 amide bonds. The van der Waals surface area contributed by atoms with Crippen molar-refractivity contribution in [1.82, 2.24) is 0 Å². The highest BCUT2D eigenvalue weighted by atomic mass is 14.3. The van der Waals surface area contributed by atoms with Crippen LogP contribution in [0, 0.1) is 5.41 Å². The molecule has 0 spiro atoms. The predicted octanol–water partition coefficient (Wildman–Crippen LogP) is 6.84. The predicted molar refractivity (Wildman–Crippen MR) is 89.5 cm³/mol. The third-order valence-corrected chi connectivity index (χ3v) is 4.32. The van der Waals surface area contributed by atoms with Gasteiger partial charge >= 0.3 is 0 Å². The van der Waals surface area contributed by atoms with Gasteiger partial charge in [-0.1, -0.05) is 71.8 Å². The minimum Gasteiger partial charge on any atom is -0.0955 e. The zero-order valence-electron chi connectivity index (χ0n) is 13.9. The molecular weight excluding hydrogens is 228 g/mol. The van der Waals surface area contributed by atoms with Crippen molar-refractivity contribution in [1.29, 1.82) is 0 Å². The van der Waals surface area contributed by atoms with Crippen molar-refractivity contribution in [2.24, 2.45) is 5.41 Å². The van der Waals surface area contributed by atoms with Gasteiger partial charge in [0.05, 0.1) is 0 Å². The van der Waals surface area contributed by atoms with Crippen LogP contribution in [0.1, 0.15) is 79.6 Å². The molecule has 0 saturated carbocycles. The van der Waals surface area contributed by atoms with E-state index in [0.29, 0.717) is 5.41 Å². The molecule has 0 atom stereocenters. The molecule has 0 N–H and O–H groups in total. The van der Waals surface area contributed by atoms with Gasteiger partial charge in [0.25, 0.3) is 0 Å². The molecule has 0 aliphatic carbocycles. The summed E-state index contributed by atoms with van der Waals surface area (Å²) in [6.07, 6.45) is 11.1. The highest BCUT2D eigenvalue weighted by Gasteiger charge is 2.25. The van der Waals surface area contributed by atoms with Gasteiger partial charge in [0.1, 0.15) is 0 Å². The molecule has 0 aliphatic rings. The van der Waals surface area contributed by atoms with Crippen LogP contribution in [0.15, 0.2) is 36.0 Å². The van der Waals surface area contributed by atoms with Crippen LogP contribution in [-0.4, -0.2) is 0 Å². The number of allylic oxidation sites excluding steroid dienone is 4. The van der Waals surface area contributed by atoms with E-state index in [0.717, 1.165) is 12.0 Å². The quantitative estimate of drug-likeness (QED) is 0.378. The molecular formula is C19H34. The summed E-state index contributed by atoms with van der Waals surface area (Å²) in [5, 5.41) is 0. The highest BCUT2D eigenvalue weighted by molar-refractivity contribution is 5.42. The second-order valence-corrected chi connectivity index (χ2v) is 5.91. The third kappa shape index (κ3) is 5.80. The molecule has 0 aromatic carbocycles. The summed E-state index contributed by atoms with van der Waals surface area (Å²) in [4.78, 5) is 0. The SMILES string of the molecule is C=C(C)/C(=C\CC(CC)(CCC)CCC)C(=C)CC. The maximum atomic E-state index is 4.18. The van der Waals surface area contributed by atoms with Crippen LogP contribution in [0.4, 0.5) is 0 Å². The van der Waals surface area contributed by atoms with Gasteiger partial charge in [-0.3, -0.25) is 0 Å². The Bertz CT molecular complexity index is 311. The maximum Gasteiger partial charge on any atom is -0.0247 e. The van der Waals surface area contributed by atoms with Crippen LogP contribution in [0.3, 0.4) is 0 Å². The van der Waals surface area contributed by atoms with Gasteiger partial charge in [-0.25, -0.2) is 0 Å². The van der Waals surface area contributed by atoms with Gasteiger partial charge in [-0.15, -0.1) is 0 Å². The molecule has 0 rings (SSSR count). The minimum atomic E-state index is 0.484. The minimum absolute atomic E-state index is 0.484. The normalized spacial score (nSPS) is 12.6. The fourth-order valence-corrected chi connectivity index (χ4v) is 3.02. The first kappa shape index (κ1) is 18.2. The van der Waals surface area contributed by atoms with Gasteiger partial charge < -0.3 is 0 Å². The summed E-state index contributed by atoms with van der Waals surface area (Å²) in [5.41, 5.74) is 4.17. The summed E-state index contributed by atoms with van der Waals surface area (Å²) < 4.78 is 0. The van der Waals surface area contributed by atoms with Crippen LogP contribution < -0.4 is 0 Å². The largest absolute Gasteiger partial charge is 0.0955 e. The lowest BCUT2D eigenvalue weighted by atomic mass is 9.73. The van der Waals surface area contributed by atoms with Crippen molar-refractivity contribution < 1.29 is 0 Å². The summed E-state index contributed by atoms with van der Waals surface area (Å²) in [5.74, 6) is 0. The lowest BCUT2D eigenvalue weighted by Crippen LogP contribution is -2.19. The summed E-state index contributed by atoms with van der Waals surface area (Å²) >= 11 is 0. The Hall–Kier alpha value is -0.780. The van der Waals surface area contributed by atoms with Gasteiger partial charge in [-0.05, 0) is 49.2 Å². The van der Waals surface area contributed by atoms with E-state index in [1.54, 1.807) is 0 Å². The Balaban J connectivity index is 5.10. The highest BCUT2D eigenvalue weighted by Crippen LogP contribution is 2.38. The van der Waals surface area contributed by atoms with Gasteiger partial charge in [0.15, 0.2) is 0 Å². The molecule has 0 nitrogen and oxygen atoms in total. The van der Waals surface area contributed by atoms with Crippen LogP contribution in [-0.2, 0) is 0 Å². The first-order valence-electron chi connectivity index (χ1n) is 8.00. The fraction of sp³-hybridized carbons (Fsp3) is 0.684. The van der Waals surface area contributed by atoms with E-state index in [2.05, 4.69) is 53.9 Å². The van der Waals surface area contributed by atoms with E-state index in [-0.39, 0.29) is 0 Å². The molecule has 19 heavy (non-hydrogen) atoms. The second-order valence-electron chi connectivity index (χ2n) is 5.91. The van der Waals surface area contributed by atoms with Gasteiger partial charge in [0, 0.05) is 0 Å². The first-order chi connectivity index (χ1) is 8.96. The van der Waals surface area contributed by atoms with Crippen molar-refractivity contribution in [2.45, 2.75) is 79.6 Å². The monoisotopic (exact) mass is 262 g/mol. The van der Waals surface area contributed by atoms with E-state index < -0.39 is 0 Å². The van der Waals surface area contributed by atoms with Crippen LogP contribution >= 0.6 is 0 Å². The van der Waals surface area contributed by atoms with E-state index in [4.69, 9.17) is 0 Å². The second kappa shape index (κ2) is 9.18. The van der Waals surface area contributed by atoms with Crippen LogP contribution in [0.25, 0.3) is 0 Å². The number of hydrogen-bond donors (Lipinski definition) is 0. The third-order valence-electron chi connectivity index (χ3n) is 4.32. The van der Waals surface area contributed by atoms with E-state index >= 15 is 0 Å². The Labute approximate surface area is 121 Å². The lowest BCUT2D eigenvalue weighted by Gasteiger charge is -2.32. The molecule has 0 aromatic rings. The molecule has 0 aromatic heterocycles. The van der Waals surface area contributed by atoms with Crippen molar-refractivity contribution in [3.05, 3.63) is 36.0 Å². The zero-order chi connectivity index (χ0) is 14.9. The van der Waals surface area contributed by atoms with Crippen LogP contribution in [0.5, 0.6) is 0 Å². The molecule has 110 valence electrons. The van der Waals surface area contributed by atoms with Gasteiger partial charge in [0.2, 0.25) is 0 Å². The van der Waals surface area contributed by atoms with E-state index in [1.165, 1.54) is 49.7 Å². The molecule has 0 saturated heterocycles. The number of hydrogen-bond acceptors (Lipinski definition) is 0. The van der Waals surface area contributed by atoms with Crippen LogP contribution in [0.2, 0.25) is 0 Å². The van der Waals surface area contributed by atoms with Gasteiger partial charge in [-0.2, -0.15) is 0 Å². The topological polar surface area (TPSA) is 0 Å². The van der Waals surface area contributed by atoms with E-state index in [1.807, 2.05) is 0 Å². The fourth-order valence-electron chi connectivity index (χ4n) is 3.02. The Morgan fingerprint density at radius 2 is 1.53 bits per heavy atom. The summed E-state index contributed by atoms with van der Waals surface area (Å²) in [6.45, 7) is 19.5. The lowest BCUT2D eigenvalue weighted by molar-refractivity contribution is 0.226. The Morgan fingerprint density at radius 3 is 1.84 bits per heavy atom. The summed E-state index contributed by atoms with van der Waals surface area (Å²) in [6, 6.07) is 0. The average molecular weight is 262 g/mol. The molecule has 0 heteroatoms. The Kier molecular flexibility index (Phi) is 8.80. The smallest absolute Gasteiger partial charge is 0.0247 e. The van der Waals surface area contributed by atoms with Crippen molar-refractivity contribution in [2.75, 3.05) is 0 Å². The zero-order valence-corrected chi connectivity index (χ0v) is 13.9. The van der Waals surface area contributed by atoms with E-state index in [9.17, 15) is 0 Å². The Morgan fingerprint density at radius 1 is 1.00 bits per heavy atom. The average Bonchev–Trinajstić information content (AvgIpc) is 2.38. The molecule has 0 bridgehead atoms. The molecule has 0 heterocycles.